The van der Waals surface area contributed by atoms with Crippen molar-refractivity contribution in [3.8, 4) is 0 Å². The Kier molecular flexibility index (Phi) is 3.63. The Morgan fingerprint density at radius 3 is 2.33 bits per heavy atom. The number of nitrogens with one attached hydrogen (secondary N) is 1. The van der Waals surface area contributed by atoms with E-state index >= 15 is 0 Å². The summed E-state index contributed by atoms with van der Waals surface area (Å²) < 4.78 is 62.4. The maximum atomic E-state index is 12.5. The second-order valence-corrected chi connectivity index (χ2v) is 7.15. The Hall–Kier alpha value is -0.340. The van der Waals surface area contributed by atoms with Gasteiger partial charge in [-0.05, 0) is 18.8 Å². The zero-order valence-electron chi connectivity index (χ0n) is 10.1. The molecule has 2 aliphatic rings. The van der Waals surface area contributed by atoms with Gasteiger partial charge in [-0.3, -0.25) is 0 Å². The molecule has 0 aliphatic carbocycles. The van der Waals surface area contributed by atoms with Crippen molar-refractivity contribution in [2.24, 2.45) is 5.92 Å². The second-order valence-electron chi connectivity index (χ2n) is 5.19. The summed E-state index contributed by atoms with van der Waals surface area (Å²) in [4.78, 5) is 0. The molecule has 0 spiro atoms. The van der Waals surface area contributed by atoms with Gasteiger partial charge >= 0.3 is 6.18 Å². The number of sulfonamides is 1. The van der Waals surface area contributed by atoms with Crippen LogP contribution in [0.4, 0.5) is 13.2 Å². The molecule has 2 fully saturated rings. The van der Waals surface area contributed by atoms with Gasteiger partial charge in [0.25, 0.3) is 0 Å². The van der Waals surface area contributed by atoms with Crippen molar-refractivity contribution in [2.45, 2.75) is 38.0 Å². The van der Waals surface area contributed by atoms with Crippen molar-refractivity contribution >= 4 is 10.0 Å². The fraction of sp³-hybridized carbons (Fsp3) is 1.00. The number of hydrogen-bond acceptors (Lipinski definition) is 3. The van der Waals surface area contributed by atoms with Gasteiger partial charge in [-0.15, -0.1) is 0 Å². The fourth-order valence-electron chi connectivity index (χ4n) is 2.67. The average Bonchev–Trinajstić information content (AvgIpc) is 2.51. The molecule has 0 aromatic rings. The summed E-state index contributed by atoms with van der Waals surface area (Å²) in [6.45, 7) is 2.34. The van der Waals surface area contributed by atoms with Crippen LogP contribution >= 0.6 is 0 Å². The highest BCUT2D eigenvalue weighted by atomic mass is 32.2. The van der Waals surface area contributed by atoms with Crippen LogP contribution < -0.4 is 5.32 Å². The summed E-state index contributed by atoms with van der Waals surface area (Å²) in [5, 5.41) is 2.41. The van der Waals surface area contributed by atoms with Gasteiger partial charge < -0.3 is 5.32 Å². The SMILES string of the molecule is CC1CN(C2CCC(C(F)(F)F)NC2)S(=O)(=O)C1. The lowest BCUT2D eigenvalue weighted by Crippen LogP contribution is -2.54. The van der Waals surface area contributed by atoms with Crippen molar-refractivity contribution in [2.75, 3.05) is 18.8 Å². The van der Waals surface area contributed by atoms with Crippen LogP contribution in [0.2, 0.25) is 0 Å². The third-order valence-corrected chi connectivity index (χ3v) is 5.69. The predicted octanol–water partition coefficient (Wildman–Crippen LogP) is 0.951. The predicted molar refractivity (Wildman–Crippen MR) is 60.5 cm³/mol. The highest BCUT2D eigenvalue weighted by Gasteiger charge is 2.45. The fourth-order valence-corrected chi connectivity index (χ4v) is 4.80. The van der Waals surface area contributed by atoms with Crippen molar-refractivity contribution in [3.63, 3.8) is 0 Å². The van der Waals surface area contributed by atoms with E-state index in [0.717, 1.165) is 0 Å². The normalized spacial score (nSPS) is 37.9. The highest BCUT2D eigenvalue weighted by Crippen LogP contribution is 2.30. The van der Waals surface area contributed by atoms with Gasteiger partial charge in [-0.25, -0.2) is 8.42 Å². The van der Waals surface area contributed by atoms with Gasteiger partial charge in [-0.1, -0.05) is 6.92 Å². The van der Waals surface area contributed by atoms with E-state index in [1.54, 1.807) is 0 Å². The van der Waals surface area contributed by atoms with Gasteiger partial charge in [0.05, 0.1) is 5.75 Å². The molecule has 2 saturated heterocycles. The molecule has 3 unspecified atom stereocenters. The quantitative estimate of drug-likeness (QED) is 0.781. The Labute approximate surface area is 105 Å². The van der Waals surface area contributed by atoms with Crippen molar-refractivity contribution in [3.05, 3.63) is 0 Å². The highest BCUT2D eigenvalue weighted by molar-refractivity contribution is 7.89. The topological polar surface area (TPSA) is 49.4 Å². The summed E-state index contributed by atoms with van der Waals surface area (Å²) in [7, 11) is -3.28. The summed E-state index contributed by atoms with van der Waals surface area (Å²) in [6, 6.07) is -1.84. The molecule has 0 amide bonds. The molecular weight excluding hydrogens is 269 g/mol. The molecule has 3 atom stereocenters. The summed E-state index contributed by atoms with van der Waals surface area (Å²) in [6.07, 6.45) is -4.04. The van der Waals surface area contributed by atoms with Crippen LogP contribution in [-0.2, 0) is 10.0 Å². The Morgan fingerprint density at radius 2 is 1.94 bits per heavy atom. The van der Waals surface area contributed by atoms with Gasteiger partial charge in [0.1, 0.15) is 6.04 Å². The summed E-state index contributed by atoms with van der Waals surface area (Å²) in [5.74, 6) is 0.155. The zero-order valence-corrected chi connectivity index (χ0v) is 10.9. The lowest BCUT2D eigenvalue weighted by molar-refractivity contribution is -0.161. The van der Waals surface area contributed by atoms with Crippen LogP contribution in [0.15, 0.2) is 0 Å². The van der Waals surface area contributed by atoms with E-state index in [2.05, 4.69) is 5.32 Å². The minimum absolute atomic E-state index is 0.0512. The van der Waals surface area contributed by atoms with Crippen LogP contribution in [0.1, 0.15) is 19.8 Å². The molecule has 18 heavy (non-hydrogen) atoms. The smallest absolute Gasteiger partial charge is 0.305 e. The van der Waals surface area contributed by atoms with E-state index < -0.39 is 22.2 Å². The summed E-state index contributed by atoms with van der Waals surface area (Å²) >= 11 is 0. The zero-order chi connectivity index (χ0) is 13.6. The lowest BCUT2D eigenvalue weighted by atomic mass is 10.00. The van der Waals surface area contributed by atoms with E-state index in [1.807, 2.05) is 6.92 Å². The van der Waals surface area contributed by atoms with Gasteiger partial charge in [0, 0.05) is 19.1 Å². The molecular formula is C10H17F3N2O2S. The van der Waals surface area contributed by atoms with E-state index in [1.165, 1.54) is 4.31 Å². The molecule has 0 saturated carbocycles. The average molecular weight is 286 g/mol. The first kappa shape index (κ1) is 14.1. The largest absolute Gasteiger partial charge is 0.403 e. The van der Waals surface area contributed by atoms with E-state index in [4.69, 9.17) is 0 Å². The first-order valence-corrected chi connectivity index (χ1v) is 7.60. The molecule has 0 aromatic carbocycles. The molecule has 0 radical (unpaired) electrons. The molecule has 8 heteroatoms. The van der Waals surface area contributed by atoms with Gasteiger partial charge in [0.2, 0.25) is 10.0 Å². The number of piperidine rings is 1. The minimum atomic E-state index is -4.25. The third kappa shape index (κ3) is 2.80. The maximum absolute atomic E-state index is 12.5. The van der Waals surface area contributed by atoms with Crippen LogP contribution in [0.25, 0.3) is 0 Å². The Balaban J connectivity index is 1.99. The molecule has 2 aliphatic heterocycles. The number of rotatable bonds is 1. The first-order chi connectivity index (χ1) is 8.20. The second kappa shape index (κ2) is 4.64. The molecule has 0 bridgehead atoms. The number of alkyl halides is 3. The lowest BCUT2D eigenvalue weighted by Gasteiger charge is -2.35. The first-order valence-electron chi connectivity index (χ1n) is 6.00. The van der Waals surface area contributed by atoms with Crippen molar-refractivity contribution in [1.82, 2.24) is 9.62 Å². The molecule has 2 heterocycles. The minimum Gasteiger partial charge on any atom is -0.305 e. The van der Waals surface area contributed by atoms with E-state index in [-0.39, 0.29) is 37.1 Å². The molecule has 4 nitrogen and oxygen atoms in total. The van der Waals surface area contributed by atoms with Crippen molar-refractivity contribution < 1.29 is 21.6 Å². The van der Waals surface area contributed by atoms with Crippen LogP contribution in [-0.4, -0.2) is 49.8 Å². The molecule has 1 N–H and O–H groups in total. The van der Waals surface area contributed by atoms with Crippen molar-refractivity contribution in [1.29, 1.82) is 0 Å². The monoisotopic (exact) mass is 286 g/mol. The van der Waals surface area contributed by atoms with Crippen LogP contribution in [0.5, 0.6) is 0 Å². The Bertz CT molecular complexity index is 402. The number of hydrogen-bond donors (Lipinski definition) is 1. The van der Waals surface area contributed by atoms with Crippen LogP contribution in [0, 0.1) is 5.92 Å². The third-order valence-electron chi connectivity index (χ3n) is 3.53. The summed E-state index contributed by atoms with van der Waals surface area (Å²) in [5.41, 5.74) is 0. The molecule has 2 rings (SSSR count). The van der Waals surface area contributed by atoms with Gasteiger partial charge in [0.15, 0.2) is 0 Å². The van der Waals surface area contributed by atoms with Crippen LogP contribution in [0.3, 0.4) is 0 Å². The molecule has 106 valence electrons. The number of halogens is 3. The Morgan fingerprint density at radius 1 is 1.28 bits per heavy atom. The standard InChI is InChI=1S/C10H17F3N2O2S/c1-7-5-15(18(16,17)6-7)8-2-3-9(14-4-8)10(11,12)13/h7-9,14H,2-6H2,1H3. The maximum Gasteiger partial charge on any atom is 0.403 e. The molecule has 0 aromatic heterocycles. The van der Waals surface area contributed by atoms with Gasteiger partial charge in [-0.2, -0.15) is 17.5 Å². The number of nitrogens with zero attached hydrogens (tertiary/aromatic N) is 1. The van der Waals surface area contributed by atoms with E-state index in [9.17, 15) is 21.6 Å². The van der Waals surface area contributed by atoms with E-state index in [0.29, 0.717) is 6.54 Å².